The van der Waals surface area contributed by atoms with Crippen LogP contribution >= 0.6 is 0 Å². The lowest BCUT2D eigenvalue weighted by atomic mass is 10.1. The number of amides is 1. The molecule has 1 unspecified atom stereocenters. The van der Waals surface area contributed by atoms with E-state index in [0.29, 0.717) is 28.8 Å². The lowest BCUT2D eigenvalue weighted by Gasteiger charge is -2.13. The SMILES string of the molecule is Cc1nn(-c2ccccn2)c2nc(C3CC3)cc(C(=O)NC(C)c3ncc(-c4ccccc4)[nH]3)c12. The fourth-order valence-electron chi connectivity index (χ4n) is 4.38. The summed E-state index contributed by atoms with van der Waals surface area (Å²) in [5, 5.41) is 8.55. The number of benzene rings is 1. The van der Waals surface area contributed by atoms with Crippen molar-refractivity contribution in [3.05, 3.63) is 89.8 Å². The van der Waals surface area contributed by atoms with Crippen molar-refractivity contribution in [2.24, 2.45) is 0 Å². The minimum atomic E-state index is -0.307. The maximum Gasteiger partial charge on any atom is 0.252 e. The molecule has 4 heterocycles. The highest BCUT2D eigenvalue weighted by molar-refractivity contribution is 6.07. The number of carbonyl (C=O) groups is 1. The van der Waals surface area contributed by atoms with Crippen molar-refractivity contribution in [1.82, 2.24) is 35.0 Å². The Morgan fingerprint density at radius 3 is 2.66 bits per heavy atom. The van der Waals surface area contributed by atoms with Gasteiger partial charge in [0.25, 0.3) is 5.91 Å². The molecule has 4 aromatic heterocycles. The average Bonchev–Trinajstić information content (AvgIpc) is 3.53. The van der Waals surface area contributed by atoms with E-state index in [0.717, 1.165) is 40.9 Å². The monoisotopic (exact) mass is 463 g/mol. The van der Waals surface area contributed by atoms with Crippen LogP contribution in [0.25, 0.3) is 28.1 Å². The number of imidazole rings is 1. The van der Waals surface area contributed by atoms with Crippen LogP contribution in [0.3, 0.4) is 0 Å². The molecule has 1 aromatic carbocycles. The van der Waals surface area contributed by atoms with Gasteiger partial charge in [0, 0.05) is 17.8 Å². The van der Waals surface area contributed by atoms with Crippen LogP contribution in [0.5, 0.6) is 0 Å². The molecule has 8 heteroatoms. The fraction of sp³-hybridized carbons (Fsp3) is 0.222. The van der Waals surface area contributed by atoms with Crippen LogP contribution in [0.2, 0.25) is 0 Å². The molecule has 35 heavy (non-hydrogen) atoms. The smallest absolute Gasteiger partial charge is 0.252 e. The second kappa shape index (κ2) is 8.47. The first-order valence-electron chi connectivity index (χ1n) is 11.8. The lowest BCUT2D eigenvalue weighted by Crippen LogP contribution is -2.28. The molecule has 8 nitrogen and oxygen atoms in total. The first-order valence-corrected chi connectivity index (χ1v) is 11.8. The molecule has 0 saturated heterocycles. The van der Waals surface area contributed by atoms with E-state index < -0.39 is 0 Å². The second-order valence-corrected chi connectivity index (χ2v) is 9.00. The summed E-state index contributed by atoms with van der Waals surface area (Å²) in [5.74, 6) is 1.59. The third-order valence-electron chi connectivity index (χ3n) is 6.38. The molecule has 2 N–H and O–H groups in total. The van der Waals surface area contributed by atoms with E-state index in [1.165, 1.54) is 0 Å². The van der Waals surface area contributed by atoms with Gasteiger partial charge in [-0.3, -0.25) is 4.79 Å². The summed E-state index contributed by atoms with van der Waals surface area (Å²) >= 11 is 0. The summed E-state index contributed by atoms with van der Waals surface area (Å²) in [6.07, 6.45) is 5.69. The first-order chi connectivity index (χ1) is 17.1. The number of H-pyrrole nitrogens is 1. The Hall–Kier alpha value is -4.33. The summed E-state index contributed by atoms with van der Waals surface area (Å²) in [7, 11) is 0. The predicted octanol–water partition coefficient (Wildman–Crippen LogP) is 4.88. The van der Waals surface area contributed by atoms with Gasteiger partial charge in [0.15, 0.2) is 11.5 Å². The summed E-state index contributed by atoms with van der Waals surface area (Å²) in [4.78, 5) is 30.8. The van der Waals surface area contributed by atoms with Gasteiger partial charge in [-0.2, -0.15) is 9.78 Å². The third-order valence-corrected chi connectivity index (χ3v) is 6.38. The van der Waals surface area contributed by atoms with Crippen LogP contribution in [0.1, 0.15) is 59.3 Å². The van der Waals surface area contributed by atoms with Gasteiger partial charge in [-0.25, -0.2) is 15.0 Å². The number of aromatic amines is 1. The molecule has 6 rings (SSSR count). The zero-order valence-corrected chi connectivity index (χ0v) is 19.6. The Labute approximate surface area is 202 Å². The van der Waals surface area contributed by atoms with E-state index in [-0.39, 0.29) is 11.9 Å². The van der Waals surface area contributed by atoms with Crippen molar-refractivity contribution in [3.63, 3.8) is 0 Å². The van der Waals surface area contributed by atoms with Gasteiger partial charge in [-0.1, -0.05) is 36.4 Å². The number of hydrogen-bond donors (Lipinski definition) is 2. The quantitative estimate of drug-likeness (QED) is 0.374. The molecule has 1 aliphatic rings. The largest absolute Gasteiger partial charge is 0.342 e. The molecule has 1 atom stereocenters. The van der Waals surface area contributed by atoms with E-state index in [9.17, 15) is 4.79 Å². The van der Waals surface area contributed by atoms with Crippen LogP contribution in [0.15, 0.2) is 67.0 Å². The van der Waals surface area contributed by atoms with Gasteiger partial charge in [0.05, 0.1) is 34.6 Å². The number of nitrogens with zero attached hydrogens (tertiary/aromatic N) is 5. The van der Waals surface area contributed by atoms with Gasteiger partial charge in [0.2, 0.25) is 0 Å². The number of rotatable bonds is 6. The molecule has 0 radical (unpaired) electrons. The summed E-state index contributed by atoms with van der Waals surface area (Å²) < 4.78 is 1.73. The number of pyridine rings is 2. The van der Waals surface area contributed by atoms with Crippen LogP contribution in [-0.2, 0) is 0 Å². The fourth-order valence-corrected chi connectivity index (χ4v) is 4.38. The molecular formula is C27H25N7O. The Morgan fingerprint density at radius 2 is 1.91 bits per heavy atom. The Kier molecular flexibility index (Phi) is 5.13. The van der Waals surface area contributed by atoms with Crippen LogP contribution in [0, 0.1) is 6.92 Å². The van der Waals surface area contributed by atoms with Crippen molar-refractivity contribution in [3.8, 4) is 17.1 Å². The topological polar surface area (TPSA) is 101 Å². The van der Waals surface area contributed by atoms with Crippen LogP contribution in [0.4, 0.5) is 0 Å². The molecule has 0 aliphatic heterocycles. The highest BCUT2D eigenvalue weighted by Crippen LogP contribution is 2.40. The number of nitrogens with one attached hydrogen (secondary N) is 2. The van der Waals surface area contributed by atoms with Crippen molar-refractivity contribution < 1.29 is 4.79 Å². The van der Waals surface area contributed by atoms with Gasteiger partial charge in [0.1, 0.15) is 5.82 Å². The summed E-state index contributed by atoms with van der Waals surface area (Å²) in [5.41, 5.74) is 4.87. The van der Waals surface area contributed by atoms with Gasteiger partial charge in [-0.15, -0.1) is 0 Å². The molecule has 1 fully saturated rings. The molecule has 174 valence electrons. The minimum Gasteiger partial charge on any atom is -0.342 e. The van der Waals surface area contributed by atoms with E-state index in [1.54, 1.807) is 17.1 Å². The maximum atomic E-state index is 13.6. The number of carbonyl (C=O) groups excluding carboxylic acids is 1. The average molecular weight is 464 g/mol. The first kappa shape index (κ1) is 21.2. The second-order valence-electron chi connectivity index (χ2n) is 9.00. The highest BCUT2D eigenvalue weighted by atomic mass is 16.1. The van der Waals surface area contributed by atoms with Crippen molar-refractivity contribution in [2.75, 3.05) is 0 Å². The lowest BCUT2D eigenvalue weighted by molar-refractivity contribution is 0.0940. The van der Waals surface area contributed by atoms with E-state index >= 15 is 0 Å². The Morgan fingerprint density at radius 1 is 1.11 bits per heavy atom. The zero-order valence-electron chi connectivity index (χ0n) is 19.6. The summed E-state index contributed by atoms with van der Waals surface area (Å²) in [6.45, 7) is 3.83. The molecule has 5 aromatic rings. The number of aryl methyl sites for hydroxylation is 1. The van der Waals surface area contributed by atoms with Gasteiger partial charge < -0.3 is 10.3 Å². The number of aromatic nitrogens is 6. The standard InChI is InChI=1S/C27H25N7O/c1-16-24-20(27(35)30-17(2)25-29-15-22(31-25)18-8-4-3-5-9-18)14-21(19-11-12-19)32-26(24)34(33-16)23-10-6-7-13-28-23/h3-10,13-15,17,19H,11-12H2,1-2H3,(H,29,31)(H,30,35). The zero-order chi connectivity index (χ0) is 23.9. The Balaban J connectivity index is 1.35. The maximum absolute atomic E-state index is 13.6. The van der Waals surface area contributed by atoms with Crippen molar-refractivity contribution in [2.45, 2.75) is 38.6 Å². The molecule has 1 aliphatic carbocycles. The van der Waals surface area contributed by atoms with Crippen molar-refractivity contribution in [1.29, 1.82) is 0 Å². The van der Waals surface area contributed by atoms with Crippen LogP contribution in [-0.4, -0.2) is 35.6 Å². The molecular weight excluding hydrogens is 438 g/mol. The number of fused-ring (bicyclic) bond motifs is 1. The summed E-state index contributed by atoms with van der Waals surface area (Å²) in [6, 6.07) is 17.3. The van der Waals surface area contributed by atoms with E-state index in [1.807, 2.05) is 68.4 Å². The minimum absolute atomic E-state index is 0.173. The van der Waals surface area contributed by atoms with Gasteiger partial charge >= 0.3 is 0 Å². The predicted molar refractivity (Wildman–Crippen MR) is 133 cm³/mol. The van der Waals surface area contributed by atoms with Crippen LogP contribution < -0.4 is 5.32 Å². The molecule has 0 spiro atoms. The van der Waals surface area contributed by atoms with E-state index in [4.69, 9.17) is 10.1 Å². The normalized spacial score (nSPS) is 14.2. The Bertz CT molecular complexity index is 1520. The highest BCUT2D eigenvalue weighted by Gasteiger charge is 2.29. The molecule has 0 bridgehead atoms. The molecule has 1 amide bonds. The van der Waals surface area contributed by atoms with Crippen molar-refractivity contribution >= 4 is 16.9 Å². The third kappa shape index (κ3) is 3.97. The molecule has 1 saturated carbocycles. The van der Waals surface area contributed by atoms with E-state index in [2.05, 4.69) is 20.3 Å². The van der Waals surface area contributed by atoms with Gasteiger partial charge in [-0.05, 0) is 50.5 Å². The number of hydrogen-bond acceptors (Lipinski definition) is 5.